The van der Waals surface area contributed by atoms with E-state index in [9.17, 15) is 8.78 Å². The molecule has 43 heavy (non-hydrogen) atoms. The van der Waals surface area contributed by atoms with Gasteiger partial charge >= 0.3 is 0 Å². The van der Waals surface area contributed by atoms with E-state index in [0.717, 1.165) is 43.8 Å². The first kappa shape index (κ1) is 25.0. The first-order valence-corrected chi connectivity index (χ1v) is 13.8. The topological polar surface area (TPSA) is 51.8 Å². The van der Waals surface area contributed by atoms with Gasteiger partial charge < -0.3 is 4.42 Å². The van der Waals surface area contributed by atoms with Gasteiger partial charge in [-0.05, 0) is 83.2 Å². The van der Waals surface area contributed by atoms with Gasteiger partial charge in [-0.2, -0.15) is 0 Å². The number of aromatic nitrogens is 3. The molecular formula is C37H21F2N3O. The number of benzene rings is 6. The molecule has 0 spiro atoms. The standard InChI is InChI=1S/C37H21F2N3O/c38-26-15-10-23(11-16-26)35-40-36(24-12-17-27(39)18-13-24)42-37(41-35)25-14-19-29-32-21-31(22-6-2-1-3-7-22)28-8-4-5-9-30(28)34(32)43-33(29)20-25/h1-21H. The minimum Gasteiger partial charge on any atom is -0.455 e. The molecule has 8 rings (SSSR count). The SMILES string of the molecule is Fc1ccc(-c2nc(-c3ccc(F)cc3)nc(-c3ccc4c(c3)oc3c5ccccc5c(-c5ccccc5)cc43)n2)cc1. The fourth-order valence-corrected chi connectivity index (χ4v) is 5.55. The molecule has 0 amide bonds. The van der Waals surface area contributed by atoms with Gasteiger partial charge in [0.1, 0.15) is 22.8 Å². The Morgan fingerprint density at radius 3 is 1.58 bits per heavy atom. The zero-order chi connectivity index (χ0) is 28.9. The summed E-state index contributed by atoms with van der Waals surface area (Å²) in [6.45, 7) is 0. The highest BCUT2D eigenvalue weighted by Crippen LogP contribution is 2.40. The summed E-state index contributed by atoms with van der Waals surface area (Å²) in [5.74, 6) is 0.482. The van der Waals surface area contributed by atoms with E-state index < -0.39 is 0 Å². The molecule has 0 radical (unpaired) electrons. The van der Waals surface area contributed by atoms with Crippen LogP contribution in [0.1, 0.15) is 0 Å². The predicted molar refractivity (Wildman–Crippen MR) is 166 cm³/mol. The van der Waals surface area contributed by atoms with Crippen molar-refractivity contribution >= 4 is 32.7 Å². The Labute approximate surface area is 244 Å². The fourth-order valence-electron chi connectivity index (χ4n) is 5.55. The Kier molecular flexibility index (Phi) is 5.79. The summed E-state index contributed by atoms with van der Waals surface area (Å²) < 4.78 is 33.9. The molecule has 0 aliphatic rings. The Morgan fingerprint density at radius 2 is 0.953 bits per heavy atom. The third kappa shape index (κ3) is 4.41. The second-order valence-electron chi connectivity index (χ2n) is 10.3. The highest BCUT2D eigenvalue weighted by Gasteiger charge is 2.17. The van der Waals surface area contributed by atoms with Crippen LogP contribution < -0.4 is 0 Å². The molecule has 6 aromatic carbocycles. The molecule has 2 heterocycles. The lowest BCUT2D eigenvalue weighted by Gasteiger charge is -2.08. The average molecular weight is 562 g/mol. The number of fused-ring (bicyclic) bond motifs is 5. The molecule has 8 aromatic rings. The van der Waals surface area contributed by atoms with Crippen molar-refractivity contribution in [3.8, 4) is 45.3 Å². The highest BCUT2D eigenvalue weighted by molar-refractivity contribution is 6.19. The Bertz CT molecular complexity index is 2230. The molecular weight excluding hydrogens is 540 g/mol. The Hall–Kier alpha value is -5.75. The molecule has 0 N–H and O–H groups in total. The van der Waals surface area contributed by atoms with Gasteiger partial charge in [-0.1, -0.05) is 60.7 Å². The molecule has 0 saturated carbocycles. The first-order chi connectivity index (χ1) is 21.1. The summed E-state index contributed by atoms with van der Waals surface area (Å²) in [7, 11) is 0. The van der Waals surface area contributed by atoms with Gasteiger partial charge in [0.15, 0.2) is 17.5 Å². The summed E-state index contributed by atoms with van der Waals surface area (Å²) >= 11 is 0. The van der Waals surface area contributed by atoms with Crippen LogP contribution in [-0.2, 0) is 0 Å². The van der Waals surface area contributed by atoms with Gasteiger partial charge in [0.05, 0.1) is 0 Å². The molecule has 0 fully saturated rings. The third-order valence-corrected chi connectivity index (χ3v) is 7.66. The van der Waals surface area contributed by atoms with E-state index in [1.54, 1.807) is 24.3 Å². The van der Waals surface area contributed by atoms with Crippen LogP contribution in [0.4, 0.5) is 8.78 Å². The van der Waals surface area contributed by atoms with E-state index >= 15 is 0 Å². The van der Waals surface area contributed by atoms with Gasteiger partial charge in [0, 0.05) is 32.8 Å². The van der Waals surface area contributed by atoms with Gasteiger partial charge in [-0.25, -0.2) is 23.7 Å². The molecule has 4 nitrogen and oxygen atoms in total. The van der Waals surface area contributed by atoms with E-state index in [1.165, 1.54) is 24.3 Å². The van der Waals surface area contributed by atoms with Gasteiger partial charge in [-0.15, -0.1) is 0 Å². The second-order valence-corrected chi connectivity index (χ2v) is 10.3. The lowest BCUT2D eigenvalue weighted by Crippen LogP contribution is -2.00. The number of hydrogen-bond acceptors (Lipinski definition) is 4. The van der Waals surface area contributed by atoms with E-state index in [-0.39, 0.29) is 11.6 Å². The first-order valence-electron chi connectivity index (χ1n) is 13.8. The zero-order valence-corrected chi connectivity index (χ0v) is 22.6. The third-order valence-electron chi connectivity index (χ3n) is 7.66. The van der Waals surface area contributed by atoms with Crippen molar-refractivity contribution in [3.05, 3.63) is 139 Å². The summed E-state index contributed by atoms with van der Waals surface area (Å²) in [4.78, 5) is 14.1. The van der Waals surface area contributed by atoms with E-state index in [1.807, 2.05) is 48.5 Å². The minimum atomic E-state index is -0.352. The quantitative estimate of drug-likeness (QED) is 0.215. The van der Waals surface area contributed by atoms with Crippen molar-refractivity contribution < 1.29 is 13.2 Å². The molecule has 0 unspecified atom stereocenters. The van der Waals surface area contributed by atoms with Crippen molar-refractivity contribution in [1.29, 1.82) is 0 Å². The van der Waals surface area contributed by atoms with Crippen molar-refractivity contribution in [2.24, 2.45) is 0 Å². The van der Waals surface area contributed by atoms with Crippen LogP contribution in [0.5, 0.6) is 0 Å². The van der Waals surface area contributed by atoms with Crippen molar-refractivity contribution in [2.75, 3.05) is 0 Å². The molecule has 0 saturated heterocycles. The Morgan fingerprint density at radius 1 is 0.419 bits per heavy atom. The maximum atomic E-state index is 13.7. The number of nitrogens with zero attached hydrogens (tertiary/aromatic N) is 3. The summed E-state index contributed by atoms with van der Waals surface area (Å²) in [6.07, 6.45) is 0. The van der Waals surface area contributed by atoms with Crippen LogP contribution in [0.15, 0.2) is 132 Å². The highest BCUT2D eigenvalue weighted by atomic mass is 19.1. The van der Waals surface area contributed by atoms with Crippen LogP contribution in [0, 0.1) is 11.6 Å². The molecule has 204 valence electrons. The minimum absolute atomic E-state index is 0.352. The van der Waals surface area contributed by atoms with Crippen LogP contribution >= 0.6 is 0 Å². The van der Waals surface area contributed by atoms with Crippen LogP contribution in [0.3, 0.4) is 0 Å². The van der Waals surface area contributed by atoms with E-state index in [4.69, 9.17) is 14.4 Å². The molecule has 0 aliphatic heterocycles. The lowest BCUT2D eigenvalue weighted by molar-refractivity contribution is 0.627. The Balaban J connectivity index is 1.33. The molecule has 2 aromatic heterocycles. The van der Waals surface area contributed by atoms with Crippen LogP contribution in [0.2, 0.25) is 0 Å². The predicted octanol–water partition coefficient (Wildman–Crippen LogP) is 9.87. The van der Waals surface area contributed by atoms with Gasteiger partial charge in [-0.3, -0.25) is 0 Å². The van der Waals surface area contributed by atoms with Gasteiger partial charge in [0.2, 0.25) is 0 Å². The fraction of sp³-hybridized carbons (Fsp3) is 0. The molecule has 6 heteroatoms. The number of furan rings is 1. The van der Waals surface area contributed by atoms with Crippen molar-refractivity contribution in [3.63, 3.8) is 0 Å². The summed E-state index contributed by atoms with van der Waals surface area (Å²) in [5, 5.41) is 4.15. The molecule has 0 atom stereocenters. The molecule has 0 aliphatic carbocycles. The van der Waals surface area contributed by atoms with E-state index in [0.29, 0.717) is 34.2 Å². The van der Waals surface area contributed by atoms with Crippen LogP contribution in [0.25, 0.3) is 78.0 Å². The zero-order valence-electron chi connectivity index (χ0n) is 22.6. The number of rotatable bonds is 4. The lowest BCUT2D eigenvalue weighted by atomic mass is 9.95. The monoisotopic (exact) mass is 561 g/mol. The molecule has 0 bridgehead atoms. The normalized spacial score (nSPS) is 11.5. The average Bonchev–Trinajstić information content (AvgIpc) is 3.43. The van der Waals surface area contributed by atoms with Crippen molar-refractivity contribution in [2.45, 2.75) is 0 Å². The van der Waals surface area contributed by atoms with E-state index in [2.05, 4.69) is 35.3 Å². The maximum Gasteiger partial charge on any atom is 0.164 e. The van der Waals surface area contributed by atoms with Gasteiger partial charge in [0.25, 0.3) is 0 Å². The second kappa shape index (κ2) is 9.96. The smallest absolute Gasteiger partial charge is 0.164 e. The van der Waals surface area contributed by atoms with Crippen LogP contribution in [-0.4, -0.2) is 15.0 Å². The maximum absolute atomic E-state index is 13.7. The number of hydrogen-bond donors (Lipinski definition) is 0. The largest absolute Gasteiger partial charge is 0.455 e. The van der Waals surface area contributed by atoms with Crippen molar-refractivity contribution in [1.82, 2.24) is 15.0 Å². The summed E-state index contributed by atoms with van der Waals surface area (Å²) in [5.41, 5.74) is 5.80. The summed E-state index contributed by atoms with van der Waals surface area (Å²) in [6, 6.07) is 38.7. The number of halogens is 2.